The van der Waals surface area contributed by atoms with Gasteiger partial charge in [-0.25, -0.2) is 0 Å². The summed E-state index contributed by atoms with van der Waals surface area (Å²) in [5.74, 6) is 4.22. The Kier molecular flexibility index (Phi) is 4.30. The van der Waals surface area contributed by atoms with Gasteiger partial charge in [0, 0.05) is 22.3 Å². The fourth-order valence-corrected chi connectivity index (χ4v) is 4.93. The predicted molar refractivity (Wildman–Crippen MR) is 87.8 cm³/mol. The van der Waals surface area contributed by atoms with Crippen LogP contribution >= 0.6 is 23.5 Å². The van der Waals surface area contributed by atoms with Crippen LogP contribution in [-0.2, 0) is 0 Å². The van der Waals surface area contributed by atoms with E-state index in [2.05, 4.69) is 17.1 Å². The first kappa shape index (κ1) is 14.6. The minimum absolute atomic E-state index is 0.289. The molecule has 0 saturated carbocycles. The van der Waals surface area contributed by atoms with Crippen molar-refractivity contribution < 1.29 is 9.26 Å². The molecule has 2 heterocycles. The van der Waals surface area contributed by atoms with Gasteiger partial charge in [-0.1, -0.05) is 12.1 Å². The summed E-state index contributed by atoms with van der Waals surface area (Å²) in [6.45, 7) is 2.21. The van der Waals surface area contributed by atoms with Crippen molar-refractivity contribution >= 4 is 29.2 Å². The zero-order valence-electron chi connectivity index (χ0n) is 11.9. The normalized spacial score (nSPS) is 22.2. The van der Waals surface area contributed by atoms with Crippen molar-refractivity contribution in [2.24, 2.45) is 0 Å². The molecule has 2 atom stereocenters. The largest absolute Gasteiger partial charge is 0.495 e. The number of nitrogen functional groups attached to an aromatic ring is 1. The van der Waals surface area contributed by atoms with Crippen LogP contribution in [0, 0.1) is 0 Å². The molecule has 0 amide bonds. The molecular weight excluding hydrogens is 306 g/mol. The summed E-state index contributed by atoms with van der Waals surface area (Å²) in [7, 11) is 1.59. The van der Waals surface area contributed by atoms with E-state index in [0.29, 0.717) is 22.6 Å². The molecule has 0 radical (unpaired) electrons. The van der Waals surface area contributed by atoms with Gasteiger partial charge in [0.15, 0.2) is 5.82 Å². The van der Waals surface area contributed by atoms with Gasteiger partial charge in [-0.3, -0.25) is 0 Å². The summed E-state index contributed by atoms with van der Waals surface area (Å²) < 4.78 is 10.6. The number of nitrogens with two attached hydrogens (primary N) is 1. The molecule has 0 bridgehead atoms. The Morgan fingerprint density at radius 2 is 2.14 bits per heavy atom. The molecule has 1 fully saturated rings. The fraction of sp³-hybridized carbons (Fsp3) is 0.429. The average Bonchev–Trinajstić information content (AvgIpc) is 2.97. The number of hydrogen-bond acceptors (Lipinski definition) is 7. The lowest BCUT2D eigenvalue weighted by molar-refractivity contribution is 0.416. The van der Waals surface area contributed by atoms with Crippen molar-refractivity contribution in [1.29, 1.82) is 0 Å². The topological polar surface area (TPSA) is 74.2 Å². The zero-order valence-corrected chi connectivity index (χ0v) is 13.5. The second kappa shape index (κ2) is 6.19. The van der Waals surface area contributed by atoms with Crippen LogP contribution < -0.4 is 10.5 Å². The van der Waals surface area contributed by atoms with E-state index >= 15 is 0 Å². The van der Waals surface area contributed by atoms with E-state index in [-0.39, 0.29) is 5.25 Å². The van der Waals surface area contributed by atoms with Crippen molar-refractivity contribution in [3.05, 3.63) is 24.0 Å². The Morgan fingerprint density at radius 3 is 2.86 bits per heavy atom. The number of thioether (sulfide) groups is 2. The van der Waals surface area contributed by atoms with Gasteiger partial charge in [-0.05, 0) is 18.2 Å². The molecule has 1 aliphatic heterocycles. The molecule has 2 aromatic rings. The van der Waals surface area contributed by atoms with Gasteiger partial charge in [0.1, 0.15) is 5.75 Å². The van der Waals surface area contributed by atoms with E-state index in [4.69, 9.17) is 15.0 Å². The van der Waals surface area contributed by atoms with E-state index in [0.717, 1.165) is 17.1 Å². The van der Waals surface area contributed by atoms with Crippen LogP contribution in [0.1, 0.15) is 18.0 Å². The van der Waals surface area contributed by atoms with Gasteiger partial charge in [0.25, 0.3) is 5.89 Å². The van der Waals surface area contributed by atoms with Crippen LogP contribution in [0.2, 0.25) is 0 Å². The molecule has 0 aliphatic carbocycles. The van der Waals surface area contributed by atoms with Crippen LogP contribution in [0.5, 0.6) is 5.75 Å². The Bertz CT molecular complexity index is 632. The summed E-state index contributed by atoms with van der Waals surface area (Å²) in [5, 5.41) is 4.93. The Morgan fingerprint density at radius 1 is 1.33 bits per heavy atom. The molecule has 3 rings (SSSR count). The second-order valence-electron chi connectivity index (χ2n) is 4.78. The summed E-state index contributed by atoms with van der Waals surface area (Å²) in [5.41, 5.74) is 7.29. The van der Waals surface area contributed by atoms with Crippen LogP contribution in [-0.4, -0.2) is 34.0 Å². The SMILES string of the molecule is COc1ccc(-c2nc(C3SCCSC3C)no2)cc1N. The third-order valence-corrected chi connectivity index (χ3v) is 6.45. The van der Waals surface area contributed by atoms with Crippen molar-refractivity contribution in [3.8, 4) is 17.2 Å². The maximum Gasteiger partial charge on any atom is 0.258 e. The van der Waals surface area contributed by atoms with Gasteiger partial charge in [-0.2, -0.15) is 16.7 Å². The van der Waals surface area contributed by atoms with E-state index in [9.17, 15) is 0 Å². The summed E-state index contributed by atoms with van der Waals surface area (Å²) in [6, 6.07) is 5.48. The minimum atomic E-state index is 0.289. The molecule has 112 valence electrons. The molecular formula is C14H17N3O2S2. The van der Waals surface area contributed by atoms with Gasteiger partial charge >= 0.3 is 0 Å². The van der Waals surface area contributed by atoms with Crippen molar-refractivity contribution in [1.82, 2.24) is 10.1 Å². The number of anilines is 1. The molecule has 21 heavy (non-hydrogen) atoms. The van der Waals surface area contributed by atoms with Crippen molar-refractivity contribution in [2.75, 3.05) is 24.3 Å². The van der Waals surface area contributed by atoms with Crippen LogP contribution in [0.3, 0.4) is 0 Å². The number of benzene rings is 1. The quantitative estimate of drug-likeness (QED) is 0.869. The first-order chi connectivity index (χ1) is 10.2. The molecule has 1 aromatic heterocycles. The lowest BCUT2D eigenvalue weighted by Gasteiger charge is -2.24. The first-order valence-electron chi connectivity index (χ1n) is 6.69. The summed E-state index contributed by atoms with van der Waals surface area (Å²) in [6.07, 6.45) is 0. The highest BCUT2D eigenvalue weighted by molar-refractivity contribution is 8.06. The van der Waals surface area contributed by atoms with Crippen molar-refractivity contribution in [3.63, 3.8) is 0 Å². The lowest BCUT2D eigenvalue weighted by Crippen LogP contribution is -2.16. The maximum atomic E-state index is 5.92. The molecule has 2 unspecified atom stereocenters. The third kappa shape index (κ3) is 2.98. The Labute approximate surface area is 132 Å². The zero-order chi connectivity index (χ0) is 14.8. The average molecular weight is 323 g/mol. The Balaban J connectivity index is 1.86. The number of nitrogens with zero attached hydrogens (tertiary/aromatic N) is 2. The first-order valence-corrected chi connectivity index (χ1v) is 8.79. The van der Waals surface area contributed by atoms with E-state index in [1.54, 1.807) is 13.2 Å². The van der Waals surface area contributed by atoms with E-state index < -0.39 is 0 Å². The highest BCUT2D eigenvalue weighted by atomic mass is 32.2. The van der Waals surface area contributed by atoms with Crippen LogP contribution in [0.4, 0.5) is 5.69 Å². The molecule has 7 heteroatoms. The fourth-order valence-electron chi connectivity index (χ4n) is 2.25. The monoisotopic (exact) mass is 323 g/mol. The molecule has 0 spiro atoms. The van der Waals surface area contributed by atoms with Gasteiger partial charge in [0.05, 0.1) is 18.0 Å². The molecule has 2 N–H and O–H groups in total. The van der Waals surface area contributed by atoms with E-state index in [1.165, 1.54) is 5.75 Å². The van der Waals surface area contributed by atoms with Gasteiger partial charge in [-0.15, -0.1) is 11.8 Å². The van der Waals surface area contributed by atoms with Gasteiger partial charge in [0.2, 0.25) is 0 Å². The maximum absolute atomic E-state index is 5.92. The van der Waals surface area contributed by atoms with Crippen LogP contribution in [0.25, 0.3) is 11.5 Å². The summed E-state index contributed by atoms with van der Waals surface area (Å²) >= 11 is 3.85. The standard InChI is InChI=1S/C14H17N3O2S2/c1-8-12(21-6-5-20-8)13-16-14(19-17-13)9-3-4-11(18-2)10(15)7-9/h3-4,7-8,12H,5-6,15H2,1-2H3. The van der Waals surface area contributed by atoms with Crippen molar-refractivity contribution in [2.45, 2.75) is 17.4 Å². The molecule has 5 nitrogen and oxygen atoms in total. The van der Waals surface area contributed by atoms with Crippen LogP contribution in [0.15, 0.2) is 22.7 Å². The molecule has 1 aliphatic rings. The van der Waals surface area contributed by atoms with E-state index in [1.807, 2.05) is 35.7 Å². The number of methoxy groups -OCH3 is 1. The molecule has 1 aromatic carbocycles. The number of ether oxygens (including phenoxy) is 1. The highest BCUT2D eigenvalue weighted by Gasteiger charge is 2.28. The second-order valence-corrected chi connectivity index (χ2v) is 7.52. The summed E-state index contributed by atoms with van der Waals surface area (Å²) in [4.78, 5) is 4.54. The number of hydrogen-bond donors (Lipinski definition) is 1. The lowest BCUT2D eigenvalue weighted by atomic mass is 10.2. The minimum Gasteiger partial charge on any atom is -0.495 e. The smallest absolute Gasteiger partial charge is 0.258 e. The Hall–Kier alpha value is -1.34. The number of rotatable bonds is 3. The molecule has 1 saturated heterocycles. The van der Waals surface area contributed by atoms with Gasteiger partial charge < -0.3 is 15.0 Å². The highest BCUT2D eigenvalue weighted by Crippen LogP contribution is 2.41. The third-order valence-electron chi connectivity index (χ3n) is 3.36. The number of aromatic nitrogens is 2. The predicted octanol–water partition coefficient (Wildman–Crippen LogP) is 3.24.